The van der Waals surface area contributed by atoms with Crippen LogP contribution in [0.5, 0.6) is 0 Å². The minimum atomic E-state index is -0.369. The molecule has 0 aromatic heterocycles. The van der Waals surface area contributed by atoms with Crippen molar-refractivity contribution < 1.29 is 9.53 Å². The van der Waals surface area contributed by atoms with Crippen LogP contribution in [0.25, 0.3) is 0 Å². The number of carbonyl (C=O) groups is 1. The van der Waals surface area contributed by atoms with Crippen molar-refractivity contribution in [2.24, 2.45) is 11.3 Å². The Kier molecular flexibility index (Phi) is 7.21. The summed E-state index contributed by atoms with van der Waals surface area (Å²) in [4.78, 5) is 12.5. The first kappa shape index (κ1) is 18.1. The Balaban J connectivity index is 2.08. The molecule has 0 heterocycles. The Morgan fingerprint density at radius 2 is 2.13 bits per heavy atom. The maximum absolute atomic E-state index is 12.5. The number of methoxy groups -OCH3 is 1. The van der Waals surface area contributed by atoms with Crippen molar-refractivity contribution in [3.63, 3.8) is 0 Å². The summed E-state index contributed by atoms with van der Waals surface area (Å²) in [5, 5.41) is 1.10. The number of benzene rings is 1. The van der Waals surface area contributed by atoms with Gasteiger partial charge in [-0.25, -0.2) is 0 Å². The minimum absolute atomic E-state index is 0.0466. The predicted molar refractivity (Wildman–Crippen MR) is 95.7 cm³/mol. The van der Waals surface area contributed by atoms with E-state index in [1.54, 1.807) is 0 Å². The SMILES string of the molecule is CCCC#CC[C@]1(C(=O)OC)CCC[C@H]1C[Se]c1ccccc1. The molecule has 124 valence electrons. The molecule has 0 unspecified atom stereocenters. The molecular formula is C20H26O2Se. The van der Waals surface area contributed by atoms with Gasteiger partial charge >= 0.3 is 146 Å². The molecule has 1 fully saturated rings. The van der Waals surface area contributed by atoms with E-state index in [0.29, 0.717) is 27.3 Å². The fraction of sp³-hybridized carbons (Fsp3) is 0.550. The molecule has 2 rings (SSSR count). The Morgan fingerprint density at radius 3 is 2.83 bits per heavy atom. The number of unbranched alkanes of at least 4 members (excludes halogenated alkanes) is 1. The van der Waals surface area contributed by atoms with E-state index in [1.165, 1.54) is 11.6 Å². The van der Waals surface area contributed by atoms with Crippen molar-refractivity contribution in [2.45, 2.75) is 50.8 Å². The Bertz CT molecular complexity index is 558. The van der Waals surface area contributed by atoms with Crippen LogP contribution in [0.15, 0.2) is 30.3 Å². The van der Waals surface area contributed by atoms with Crippen LogP contribution in [0.2, 0.25) is 5.32 Å². The van der Waals surface area contributed by atoms with Crippen molar-refractivity contribution in [1.29, 1.82) is 0 Å². The second kappa shape index (κ2) is 9.16. The first-order chi connectivity index (χ1) is 11.2. The molecule has 1 aliphatic rings. The molecule has 1 aromatic carbocycles. The topological polar surface area (TPSA) is 26.3 Å². The molecule has 0 radical (unpaired) electrons. The molecule has 0 aliphatic heterocycles. The second-order valence-electron chi connectivity index (χ2n) is 6.14. The first-order valence-corrected chi connectivity index (χ1v) is 10.5. The third-order valence-electron chi connectivity index (χ3n) is 4.65. The van der Waals surface area contributed by atoms with Crippen LogP contribution in [0.1, 0.15) is 45.4 Å². The van der Waals surface area contributed by atoms with E-state index in [9.17, 15) is 4.79 Å². The normalized spacial score (nSPS) is 23.1. The molecule has 0 amide bonds. The van der Waals surface area contributed by atoms with Gasteiger partial charge in [0.2, 0.25) is 0 Å². The zero-order chi connectivity index (χ0) is 16.5. The molecule has 0 bridgehead atoms. The van der Waals surface area contributed by atoms with Crippen molar-refractivity contribution >= 4 is 25.4 Å². The van der Waals surface area contributed by atoms with E-state index < -0.39 is 0 Å². The number of carbonyl (C=O) groups excluding carboxylic acids is 1. The van der Waals surface area contributed by atoms with Gasteiger partial charge < -0.3 is 0 Å². The van der Waals surface area contributed by atoms with E-state index in [-0.39, 0.29) is 11.4 Å². The van der Waals surface area contributed by atoms with Gasteiger partial charge in [0.05, 0.1) is 0 Å². The van der Waals surface area contributed by atoms with Crippen LogP contribution in [0.3, 0.4) is 0 Å². The zero-order valence-electron chi connectivity index (χ0n) is 14.1. The van der Waals surface area contributed by atoms with Gasteiger partial charge in [0.1, 0.15) is 0 Å². The summed E-state index contributed by atoms with van der Waals surface area (Å²) in [5.41, 5.74) is -0.369. The summed E-state index contributed by atoms with van der Waals surface area (Å²) >= 11 is 0.409. The van der Waals surface area contributed by atoms with Crippen molar-refractivity contribution in [2.75, 3.05) is 7.11 Å². The van der Waals surface area contributed by atoms with E-state index in [1.807, 2.05) is 0 Å². The molecule has 3 heteroatoms. The molecule has 2 atom stereocenters. The average molecular weight is 377 g/mol. The first-order valence-electron chi connectivity index (χ1n) is 8.45. The van der Waals surface area contributed by atoms with Crippen LogP contribution in [0.4, 0.5) is 0 Å². The molecule has 0 saturated heterocycles. The Morgan fingerprint density at radius 1 is 1.35 bits per heavy atom. The Hall–Kier alpha value is -1.23. The van der Waals surface area contributed by atoms with E-state index >= 15 is 0 Å². The standard InChI is InChI=1S/C20H26O2Se/c1-3-4-5-9-14-20(19(21)22-2)15-10-11-17(20)16-23-18-12-7-6-8-13-18/h6-8,12-13,17H,3-4,10-11,14-16H2,1-2H3/t17-,20-/m0/s1. The van der Waals surface area contributed by atoms with Crippen molar-refractivity contribution in [3.8, 4) is 11.8 Å². The monoisotopic (exact) mass is 378 g/mol. The van der Waals surface area contributed by atoms with E-state index in [0.717, 1.165) is 37.4 Å². The van der Waals surface area contributed by atoms with Gasteiger partial charge in [-0.1, -0.05) is 0 Å². The third kappa shape index (κ3) is 4.63. The van der Waals surface area contributed by atoms with E-state index in [4.69, 9.17) is 4.74 Å². The summed E-state index contributed by atoms with van der Waals surface area (Å²) in [7, 11) is 1.52. The van der Waals surface area contributed by atoms with Gasteiger partial charge in [0, 0.05) is 0 Å². The summed E-state index contributed by atoms with van der Waals surface area (Å²) in [6.45, 7) is 2.13. The van der Waals surface area contributed by atoms with E-state index in [2.05, 4.69) is 49.1 Å². The fourth-order valence-electron chi connectivity index (χ4n) is 3.31. The summed E-state index contributed by atoms with van der Waals surface area (Å²) in [5.74, 6) is 6.84. The molecule has 1 aromatic rings. The predicted octanol–water partition coefficient (Wildman–Crippen LogP) is 3.59. The number of esters is 1. The van der Waals surface area contributed by atoms with Gasteiger partial charge in [0.15, 0.2) is 0 Å². The average Bonchev–Trinajstić information content (AvgIpc) is 3.01. The fourth-order valence-corrected chi connectivity index (χ4v) is 5.89. The number of rotatable bonds is 6. The summed E-state index contributed by atoms with van der Waals surface area (Å²) in [6, 6.07) is 10.6. The molecule has 1 saturated carbocycles. The number of hydrogen-bond donors (Lipinski definition) is 0. The van der Waals surface area contributed by atoms with Crippen LogP contribution in [-0.4, -0.2) is 28.0 Å². The van der Waals surface area contributed by atoms with Crippen LogP contribution in [-0.2, 0) is 9.53 Å². The van der Waals surface area contributed by atoms with Gasteiger partial charge in [-0.3, -0.25) is 0 Å². The van der Waals surface area contributed by atoms with Crippen LogP contribution < -0.4 is 4.46 Å². The second-order valence-corrected chi connectivity index (χ2v) is 8.44. The van der Waals surface area contributed by atoms with Crippen LogP contribution in [0, 0.1) is 23.2 Å². The zero-order valence-corrected chi connectivity index (χ0v) is 15.9. The number of ether oxygens (including phenoxy) is 1. The quantitative estimate of drug-likeness (QED) is 0.430. The summed E-state index contributed by atoms with van der Waals surface area (Å²) in [6.07, 6.45) is 5.80. The Labute approximate surface area is 146 Å². The molecule has 23 heavy (non-hydrogen) atoms. The molecule has 0 spiro atoms. The number of hydrogen-bond acceptors (Lipinski definition) is 2. The maximum atomic E-state index is 12.5. The van der Waals surface area contributed by atoms with Gasteiger partial charge in [0.25, 0.3) is 0 Å². The third-order valence-corrected chi connectivity index (χ3v) is 7.11. The molecular weight excluding hydrogens is 351 g/mol. The van der Waals surface area contributed by atoms with Gasteiger partial charge in [-0.2, -0.15) is 0 Å². The van der Waals surface area contributed by atoms with Gasteiger partial charge in [-0.15, -0.1) is 0 Å². The van der Waals surface area contributed by atoms with Crippen molar-refractivity contribution in [3.05, 3.63) is 30.3 Å². The van der Waals surface area contributed by atoms with Crippen molar-refractivity contribution in [1.82, 2.24) is 0 Å². The van der Waals surface area contributed by atoms with Crippen LogP contribution >= 0.6 is 0 Å². The molecule has 2 nitrogen and oxygen atoms in total. The summed E-state index contributed by atoms with van der Waals surface area (Å²) < 4.78 is 6.58. The molecule has 0 N–H and O–H groups in total. The molecule has 1 aliphatic carbocycles. The van der Waals surface area contributed by atoms with Gasteiger partial charge in [-0.05, 0) is 0 Å².